The van der Waals surface area contributed by atoms with Crippen molar-refractivity contribution in [3.63, 3.8) is 0 Å². The number of nitrogens with zero attached hydrogens (tertiary/aromatic N) is 1. The molecule has 1 rings (SSSR count). The molecule has 1 nitrogen and oxygen atoms in total. The summed E-state index contributed by atoms with van der Waals surface area (Å²) in [6.45, 7) is 10.6. The average Bonchev–Trinajstić information content (AvgIpc) is 2.46. The van der Waals surface area contributed by atoms with Crippen molar-refractivity contribution in [2.24, 2.45) is 0 Å². The summed E-state index contributed by atoms with van der Waals surface area (Å²) in [4.78, 5) is 2.38. The molecule has 1 aromatic rings. The van der Waals surface area contributed by atoms with Crippen molar-refractivity contribution in [1.82, 2.24) is 4.90 Å². The van der Waals surface area contributed by atoms with Crippen LogP contribution in [-0.4, -0.2) is 22.3 Å². The summed E-state index contributed by atoms with van der Waals surface area (Å²) >= 11 is 7.38. The first kappa shape index (κ1) is 17.5. The number of hydrogen-bond donors (Lipinski definition) is 0. The Bertz CT molecular complexity index is 378. The predicted octanol–water partition coefficient (Wildman–Crippen LogP) is 5.29. The first-order valence-corrected chi connectivity index (χ1v) is 8.89. The lowest BCUT2D eigenvalue weighted by Crippen LogP contribution is -2.29. The van der Waals surface area contributed by atoms with Gasteiger partial charge in [-0.25, -0.2) is 0 Å². The number of unbranched alkanes of at least 4 members (excludes halogenated alkanes) is 2. The lowest BCUT2D eigenvalue weighted by Gasteiger charge is -2.24. The second-order valence-electron chi connectivity index (χ2n) is 5.07. The largest absolute Gasteiger partial charge is 0.358 e. The molecule has 0 N–H and O–H groups in total. The van der Waals surface area contributed by atoms with Gasteiger partial charge in [0.05, 0.1) is 0 Å². The number of hydrogen-bond acceptors (Lipinski definition) is 2. The van der Waals surface area contributed by atoms with Gasteiger partial charge in [0.15, 0.2) is 0 Å². The van der Waals surface area contributed by atoms with Crippen molar-refractivity contribution in [3.05, 3.63) is 42.3 Å². The van der Waals surface area contributed by atoms with Crippen LogP contribution >= 0.6 is 24.0 Å². The van der Waals surface area contributed by atoms with Crippen LogP contribution in [0.25, 0.3) is 0 Å². The van der Waals surface area contributed by atoms with Gasteiger partial charge in [0, 0.05) is 18.8 Å². The summed E-state index contributed by atoms with van der Waals surface area (Å²) in [6, 6.07) is 8.40. The average molecular weight is 309 g/mol. The van der Waals surface area contributed by atoms with Crippen LogP contribution < -0.4 is 0 Å². The van der Waals surface area contributed by atoms with Crippen molar-refractivity contribution in [2.75, 3.05) is 13.1 Å². The van der Waals surface area contributed by atoms with Gasteiger partial charge in [-0.15, -0.1) is 0 Å². The maximum Gasteiger partial charge on any atom is 0.136 e. The summed E-state index contributed by atoms with van der Waals surface area (Å²) in [5.74, 6) is 0.952. The zero-order valence-electron chi connectivity index (χ0n) is 12.7. The molecule has 0 atom stereocenters. The minimum atomic E-state index is 0.952. The van der Waals surface area contributed by atoms with Gasteiger partial charge in [-0.1, -0.05) is 74.9 Å². The molecular weight excluding hydrogens is 282 g/mol. The highest BCUT2D eigenvalue weighted by molar-refractivity contribution is 8.22. The van der Waals surface area contributed by atoms with Crippen LogP contribution in [0.5, 0.6) is 0 Å². The Labute approximate surface area is 134 Å². The minimum Gasteiger partial charge on any atom is -0.358 e. The van der Waals surface area contributed by atoms with E-state index in [0.717, 1.165) is 28.7 Å². The van der Waals surface area contributed by atoms with E-state index in [1.165, 1.54) is 31.2 Å². The highest BCUT2D eigenvalue weighted by Gasteiger charge is 2.09. The number of benzene rings is 1. The number of thiocarbonyl (C=S) groups is 1. The van der Waals surface area contributed by atoms with E-state index in [9.17, 15) is 0 Å². The van der Waals surface area contributed by atoms with Gasteiger partial charge in [-0.3, -0.25) is 0 Å². The molecule has 111 valence electrons. The monoisotopic (exact) mass is 308 g/mol. The molecule has 0 saturated heterocycles. The molecule has 0 aliphatic heterocycles. The van der Waals surface area contributed by atoms with E-state index < -0.39 is 0 Å². The third-order valence-corrected chi connectivity index (χ3v) is 4.80. The van der Waals surface area contributed by atoms with E-state index in [1.807, 2.05) is 0 Å². The fourth-order valence-corrected chi connectivity index (χ4v) is 3.07. The van der Waals surface area contributed by atoms with Gasteiger partial charge in [0.1, 0.15) is 4.32 Å². The highest BCUT2D eigenvalue weighted by Crippen LogP contribution is 2.18. The Morgan fingerprint density at radius 2 is 1.65 bits per heavy atom. The Hall–Kier alpha value is -0.540. The third-order valence-electron chi connectivity index (χ3n) is 3.21. The predicted molar refractivity (Wildman–Crippen MR) is 96.2 cm³/mol. The Morgan fingerprint density at radius 1 is 1.10 bits per heavy atom. The van der Waals surface area contributed by atoms with Crippen molar-refractivity contribution >= 4 is 28.3 Å². The fourth-order valence-electron chi connectivity index (χ4n) is 1.86. The van der Waals surface area contributed by atoms with Crippen molar-refractivity contribution < 1.29 is 0 Å². The fraction of sp³-hybridized carbons (Fsp3) is 0.529. The van der Waals surface area contributed by atoms with E-state index in [2.05, 4.69) is 49.9 Å². The summed E-state index contributed by atoms with van der Waals surface area (Å²) in [7, 11) is 0. The van der Waals surface area contributed by atoms with Crippen LogP contribution in [0.2, 0.25) is 0 Å². The molecule has 0 spiro atoms. The molecule has 0 aromatic heterocycles. The molecule has 0 amide bonds. The number of rotatable bonds is 8. The molecule has 0 bridgehead atoms. The van der Waals surface area contributed by atoms with Crippen LogP contribution in [0.4, 0.5) is 0 Å². The molecule has 20 heavy (non-hydrogen) atoms. The molecule has 3 heteroatoms. The Morgan fingerprint density at radius 3 is 2.15 bits per heavy atom. The van der Waals surface area contributed by atoms with Gasteiger partial charge in [0.2, 0.25) is 0 Å². The zero-order chi connectivity index (χ0) is 14.8. The molecule has 0 aliphatic carbocycles. The first-order chi connectivity index (χ1) is 9.67. The Kier molecular flexibility index (Phi) is 8.95. The normalized spacial score (nSPS) is 10.6. The second-order valence-corrected chi connectivity index (χ2v) is 6.67. The smallest absolute Gasteiger partial charge is 0.136 e. The molecule has 0 unspecified atom stereocenters. The van der Waals surface area contributed by atoms with Crippen LogP contribution in [0.15, 0.2) is 24.3 Å². The van der Waals surface area contributed by atoms with Crippen LogP contribution in [0, 0.1) is 6.92 Å². The lowest BCUT2D eigenvalue weighted by molar-refractivity contribution is 0.410. The molecule has 0 aliphatic rings. The molecule has 0 heterocycles. The maximum atomic E-state index is 5.60. The molecule has 0 saturated carbocycles. The van der Waals surface area contributed by atoms with Crippen LogP contribution in [0.3, 0.4) is 0 Å². The van der Waals surface area contributed by atoms with Gasteiger partial charge in [0.25, 0.3) is 0 Å². The molecular formula is C17H26NS2. The van der Waals surface area contributed by atoms with Crippen molar-refractivity contribution in [1.29, 1.82) is 0 Å². The number of thioether (sulfide) groups is 1. The third kappa shape index (κ3) is 6.76. The van der Waals surface area contributed by atoms with Gasteiger partial charge >= 0.3 is 0 Å². The quantitative estimate of drug-likeness (QED) is 0.601. The van der Waals surface area contributed by atoms with Crippen molar-refractivity contribution in [2.45, 2.75) is 45.3 Å². The van der Waals surface area contributed by atoms with E-state index in [0.29, 0.717) is 0 Å². The van der Waals surface area contributed by atoms with Gasteiger partial charge < -0.3 is 4.90 Å². The van der Waals surface area contributed by atoms with Crippen LogP contribution in [0.1, 0.15) is 50.7 Å². The summed E-state index contributed by atoms with van der Waals surface area (Å²) in [6.07, 6.45) is 4.89. The second kappa shape index (κ2) is 10.2. The maximum absolute atomic E-state index is 5.60. The van der Waals surface area contributed by atoms with Crippen molar-refractivity contribution in [3.8, 4) is 0 Å². The van der Waals surface area contributed by atoms with E-state index in [1.54, 1.807) is 11.8 Å². The van der Waals surface area contributed by atoms with E-state index >= 15 is 0 Å². The summed E-state index contributed by atoms with van der Waals surface area (Å²) < 4.78 is 1.05. The van der Waals surface area contributed by atoms with E-state index in [-0.39, 0.29) is 0 Å². The van der Waals surface area contributed by atoms with Crippen LogP contribution in [-0.2, 0) is 5.75 Å². The van der Waals surface area contributed by atoms with Gasteiger partial charge in [-0.2, -0.15) is 0 Å². The van der Waals surface area contributed by atoms with Gasteiger partial charge in [-0.05, 0) is 30.9 Å². The summed E-state index contributed by atoms with van der Waals surface area (Å²) in [5, 5.41) is 0. The molecule has 0 fully saturated rings. The van der Waals surface area contributed by atoms with E-state index in [4.69, 9.17) is 12.2 Å². The molecule has 1 radical (unpaired) electrons. The summed E-state index contributed by atoms with van der Waals surface area (Å²) in [5.41, 5.74) is 2.38. The highest BCUT2D eigenvalue weighted by atomic mass is 32.2. The minimum absolute atomic E-state index is 0.952. The SMILES string of the molecule is [CH2]c1ccc(CSC(=S)N(CCCC)CCCC)cc1. The lowest BCUT2D eigenvalue weighted by atomic mass is 10.2. The standard InChI is InChI=1S/C17H26NS2/c1-4-6-12-18(13-7-5-2)17(19)20-14-16-10-8-15(3)9-11-16/h8-11H,3-7,12-14H2,1-2H3. The Balaban J connectivity index is 2.45. The topological polar surface area (TPSA) is 3.24 Å². The molecule has 1 aromatic carbocycles. The first-order valence-electron chi connectivity index (χ1n) is 7.50. The zero-order valence-corrected chi connectivity index (χ0v) is 14.4.